The molecule has 0 unspecified atom stereocenters. The highest BCUT2D eigenvalue weighted by Gasteiger charge is 2.29. The summed E-state index contributed by atoms with van der Waals surface area (Å²) < 4.78 is 26.9. The highest BCUT2D eigenvalue weighted by molar-refractivity contribution is 7.89. The molecule has 0 saturated carbocycles. The topological polar surface area (TPSA) is 69.7 Å². The largest absolute Gasteiger partial charge is 0.326 e. The quantitative estimate of drug-likeness (QED) is 0.887. The van der Waals surface area contributed by atoms with E-state index in [1.165, 1.54) is 6.92 Å². The highest BCUT2D eigenvalue weighted by atomic mass is 32.2. The van der Waals surface area contributed by atoms with Crippen molar-refractivity contribution in [2.45, 2.75) is 38.1 Å². The van der Waals surface area contributed by atoms with E-state index in [1.54, 1.807) is 28.6 Å². The standard InChI is InChI=1S/C16H25N3O3S/c1-4-13(2)18-9-11-19(12-10-18)23(21,22)16-7-5-15(6-8-16)17-14(3)20/h5-8,13H,4,9-12H2,1-3H3,(H,17,20)/t13-/m1/s1. The molecule has 0 radical (unpaired) electrons. The van der Waals surface area contributed by atoms with Crippen molar-refractivity contribution in [1.82, 2.24) is 9.21 Å². The Morgan fingerprint density at radius 1 is 1.17 bits per heavy atom. The minimum Gasteiger partial charge on any atom is -0.326 e. The fraction of sp³-hybridized carbons (Fsp3) is 0.562. The Hall–Kier alpha value is -1.44. The zero-order valence-electron chi connectivity index (χ0n) is 13.9. The molecule has 7 heteroatoms. The van der Waals surface area contributed by atoms with Crippen LogP contribution in [0.1, 0.15) is 27.2 Å². The molecule has 0 bridgehead atoms. The van der Waals surface area contributed by atoms with Crippen LogP contribution < -0.4 is 5.32 Å². The third-order valence-electron chi connectivity index (χ3n) is 4.30. The van der Waals surface area contributed by atoms with Gasteiger partial charge < -0.3 is 5.32 Å². The molecule has 6 nitrogen and oxygen atoms in total. The molecule has 0 aliphatic carbocycles. The van der Waals surface area contributed by atoms with Crippen molar-refractivity contribution < 1.29 is 13.2 Å². The molecule has 1 N–H and O–H groups in total. The third kappa shape index (κ3) is 4.31. The molecule has 128 valence electrons. The second kappa shape index (κ2) is 7.42. The molecular weight excluding hydrogens is 314 g/mol. The molecule has 23 heavy (non-hydrogen) atoms. The lowest BCUT2D eigenvalue weighted by molar-refractivity contribution is -0.114. The summed E-state index contributed by atoms with van der Waals surface area (Å²) in [6, 6.07) is 6.80. The van der Waals surface area contributed by atoms with Crippen LogP contribution in [-0.4, -0.2) is 55.8 Å². The first-order valence-corrected chi connectivity index (χ1v) is 9.40. The van der Waals surface area contributed by atoms with Crippen molar-refractivity contribution in [1.29, 1.82) is 0 Å². The van der Waals surface area contributed by atoms with Crippen molar-refractivity contribution >= 4 is 21.6 Å². The van der Waals surface area contributed by atoms with Gasteiger partial charge in [0, 0.05) is 44.8 Å². The summed E-state index contributed by atoms with van der Waals surface area (Å²) in [4.78, 5) is 13.6. The van der Waals surface area contributed by atoms with Crippen LogP contribution in [0.25, 0.3) is 0 Å². The highest BCUT2D eigenvalue weighted by Crippen LogP contribution is 2.20. The summed E-state index contributed by atoms with van der Waals surface area (Å²) in [5.41, 5.74) is 0.595. The first-order chi connectivity index (χ1) is 10.8. The van der Waals surface area contributed by atoms with Gasteiger partial charge in [-0.15, -0.1) is 0 Å². The van der Waals surface area contributed by atoms with Gasteiger partial charge >= 0.3 is 0 Å². The van der Waals surface area contributed by atoms with E-state index < -0.39 is 10.0 Å². The number of hydrogen-bond donors (Lipinski definition) is 1. The molecular formula is C16H25N3O3S. The third-order valence-corrected chi connectivity index (χ3v) is 6.21. The number of carbonyl (C=O) groups is 1. The maximum absolute atomic E-state index is 12.7. The lowest BCUT2D eigenvalue weighted by Gasteiger charge is -2.37. The Morgan fingerprint density at radius 2 is 1.74 bits per heavy atom. The molecule has 1 aliphatic heterocycles. The van der Waals surface area contributed by atoms with Gasteiger partial charge in [-0.05, 0) is 37.6 Å². The number of piperazine rings is 1. The fourth-order valence-corrected chi connectivity index (χ4v) is 4.13. The molecule has 1 fully saturated rings. The number of anilines is 1. The predicted molar refractivity (Wildman–Crippen MR) is 90.8 cm³/mol. The summed E-state index contributed by atoms with van der Waals surface area (Å²) in [6.45, 7) is 8.29. The van der Waals surface area contributed by atoms with Crippen molar-refractivity contribution in [3.05, 3.63) is 24.3 Å². The van der Waals surface area contributed by atoms with Crippen LogP contribution in [0.2, 0.25) is 0 Å². The van der Waals surface area contributed by atoms with E-state index in [0.717, 1.165) is 19.5 Å². The zero-order valence-corrected chi connectivity index (χ0v) is 14.8. The average molecular weight is 339 g/mol. The van der Waals surface area contributed by atoms with Gasteiger partial charge in [0.25, 0.3) is 0 Å². The van der Waals surface area contributed by atoms with E-state index in [1.807, 2.05) is 0 Å². The average Bonchev–Trinajstić information content (AvgIpc) is 2.54. The van der Waals surface area contributed by atoms with Crippen LogP contribution in [0.5, 0.6) is 0 Å². The summed E-state index contributed by atoms with van der Waals surface area (Å²) in [5, 5.41) is 2.63. The number of carbonyl (C=O) groups excluding carboxylic acids is 1. The summed E-state index contributed by atoms with van der Waals surface area (Å²) in [6.07, 6.45) is 1.07. The van der Waals surface area contributed by atoms with Crippen LogP contribution in [0.15, 0.2) is 29.2 Å². The van der Waals surface area contributed by atoms with Gasteiger partial charge in [-0.2, -0.15) is 4.31 Å². The molecule has 0 spiro atoms. The summed E-state index contributed by atoms with van der Waals surface area (Å²) in [7, 11) is -3.47. The second-order valence-corrected chi connectivity index (χ2v) is 7.84. The van der Waals surface area contributed by atoms with Crippen molar-refractivity contribution in [2.24, 2.45) is 0 Å². The normalized spacial score (nSPS) is 18.6. The number of benzene rings is 1. The van der Waals surface area contributed by atoms with Crippen LogP contribution >= 0.6 is 0 Å². The Balaban J connectivity index is 2.06. The monoisotopic (exact) mass is 339 g/mol. The second-order valence-electron chi connectivity index (χ2n) is 5.90. The Morgan fingerprint density at radius 3 is 2.22 bits per heavy atom. The van der Waals surface area contributed by atoms with Crippen LogP contribution in [0.3, 0.4) is 0 Å². The van der Waals surface area contributed by atoms with E-state index in [2.05, 4.69) is 24.1 Å². The van der Waals surface area contributed by atoms with E-state index in [4.69, 9.17) is 0 Å². The molecule has 0 aromatic heterocycles. The first kappa shape index (κ1) is 17.9. The van der Waals surface area contributed by atoms with Gasteiger partial charge in [-0.25, -0.2) is 8.42 Å². The SMILES string of the molecule is CC[C@@H](C)N1CCN(S(=O)(=O)c2ccc(NC(C)=O)cc2)CC1. The van der Waals surface area contributed by atoms with Gasteiger partial charge in [0.15, 0.2) is 0 Å². The predicted octanol–water partition coefficient (Wildman–Crippen LogP) is 1.75. The molecule has 1 heterocycles. The van der Waals surface area contributed by atoms with Crippen LogP contribution in [-0.2, 0) is 14.8 Å². The van der Waals surface area contributed by atoms with Gasteiger partial charge in [0.1, 0.15) is 0 Å². The number of sulfonamides is 1. The van der Waals surface area contributed by atoms with E-state index >= 15 is 0 Å². The Bertz CT molecular complexity index is 635. The smallest absolute Gasteiger partial charge is 0.243 e. The zero-order chi connectivity index (χ0) is 17.0. The van der Waals surface area contributed by atoms with Crippen molar-refractivity contribution in [2.75, 3.05) is 31.5 Å². The van der Waals surface area contributed by atoms with E-state index in [-0.39, 0.29) is 10.8 Å². The number of nitrogens with one attached hydrogen (secondary N) is 1. The van der Waals surface area contributed by atoms with Crippen LogP contribution in [0.4, 0.5) is 5.69 Å². The van der Waals surface area contributed by atoms with Gasteiger partial charge in [-0.1, -0.05) is 6.92 Å². The number of nitrogens with zero attached hydrogens (tertiary/aromatic N) is 2. The lowest BCUT2D eigenvalue weighted by Crippen LogP contribution is -2.51. The summed E-state index contributed by atoms with van der Waals surface area (Å²) >= 11 is 0. The number of hydrogen-bond acceptors (Lipinski definition) is 4. The van der Waals surface area contributed by atoms with Gasteiger partial charge in [-0.3, -0.25) is 9.69 Å². The van der Waals surface area contributed by atoms with Gasteiger partial charge in [0.2, 0.25) is 15.9 Å². The maximum atomic E-state index is 12.7. The molecule has 2 rings (SSSR count). The van der Waals surface area contributed by atoms with E-state index in [9.17, 15) is 13.2 Å². The van der Waals surface area contributed by atoms with Crippen molar-refractivity contribution in [3.63, 3.8) is 0 Å². The number of rotatable bonds is 5. The minimum absolute atomic E-state index is 0.179. The maximum Gasteiger partial charge on any atom is 0.243 e. The molecule has 1 aromatic carbocycles. The minimum atomic E-state index is -3.47. The Labute approximate surface area is 138 Å². The van der Waals surface area contributed by atoms with Gasteiger partial charge in [0.05, 0.1) is 4.90 Å². The molecule has 1 atom stereocenters. The molecule has 1 aromatic rings. The first-order valence-electron chi connectivity index (χ1n) is 7.96. The molecule has 1 saturated heterocycles. The molecule has 1 amide bonds. The lowest BCUT2D eigenvalue weighted by atomic mass is 10.2. The summed E-state index contributed by atoms with van der Waals surface area (Å²) in [5.74, 6) is -0.179. The number of amides is 1. The van der Waals surface area contributed by atoms with Crippen molar-refractivity contribution in [3.8, 4) is 0 Å². The van der Waals surface area contributed by atoms with Crippen LogP contribution in [0, 0.1) is 0 Å². The van der Waals surface area contributed by atoms with E-state index in [0.29, 0.717) is 24.8 Å². The fourth-order valence-electron chi connectivity index (χ4n) is 2.71. The molecule has 1 aliphatic rings. The Kier molecular flexibility index (Phi) is 5.78.